The van der Waals surface area contributed by atoms with E-state index in [1.54, 1.807) is 0 Å². The zero-order chi connectivity index (χ0) is 31.2. The highest BCUT2D eigenvalue weighted by molar-refractivity contribution is 5.97. The summed E-state index contributed by atoms with van der Waals surface area (Å²) < 4.78 is 0. The van der Waals surface area contributed by atoms with Crippen molar-refractivity contribution in [1.82, 2.24) is 20.9 Å². The summed E-state index contributed by atoms with van der Waals surface area (Å²) in [6.07, 6.45) is 2.82. The fraction of sp³-hybridized carbons (Fsp3) is 0.324. The highest BCUT2D eigenvalue weighted by Crippen LogP contribution is 2.24. The van der Waals surface area contributed by atoms with Gasteiger partial charge >= 0.3 is 0 Å². The molecule has 0 saturated carbocycles. The van der Waals surface area contributed by atoms with E-state index in [1.807, 2.05) is 53.4 Å². The van der Waals surface area contributed by atoms with Gasteiger partial charge in [-0.3, -0.25) is 19.3 Å². The Hall–Kier alpha value is -4.53. The van der Waals surface area contributed by atoms with E-state index in [0.717, 1.165) is 59.0 Å². The lowest BCUT2D eigenvalue weighted by molar-refractivity contribution is -0.139. The van der Waals surface area contributed by atoms with Gasteiger partial charge in [-0.1, -0.05) is 97.1 Å². The summed E-state index contributed by atoms with van der Waals surface area (Å²) in [7, 11) is 0. The SMILES string of the molecule is NC(=O)CN(CC1CCNCC1)C(Cc1ccc(-c2ccccc2)cc1)[C@@H]1NC(=O)[C@H](Cc2ccc3ccccc3c2)NC1=O. The number of fused-ring (bicyclic) bond motifs is 1. The number of piperidine rings is 1. The molecule has 0 aromatic heterocycles. The topological polar surface area (TPSA) is 117 Å². The van der Waals surface area contributed by atoms with Crippen LogP contribution in [0.5, 0.6) is 0 Å². The van der Waals surface area contributed by atoms with Gasteiger partial charge < -0.3 is 21.7 Å². The summed E-state index contributed by atoms with van der Waals surface area (Å²) >= 11 is 0. The minimum atomic E-state index is -0.833. The molecule has 2 aliphatic heterocycles. The van der Waals surface area contributed by atoms with Crippen LogP contribution in [0.15, 0.2) is 97.1 Å². The lowest BCUT2D eigenvalue weighted by Crippen LogP contribution is -2.69. The van der Waals surface area contributed by atoms with Gasteiger partial charge in [0, 0.05) is 19.0 Å². The van der Waals surface area contributed by atoms with Gasteiger partial charge in [0.25, 0.3) is 0 Å². The maximum absolute atomic E-state index is 13.8. The molecule has 2 aliphatic rings. The molecule has 2 saturated heterocycles. The van der Waals surface area contributed by atoms with E-state index in [-0.39, 0.29) is 18.4 Å². The van der Waals surface area contributed by atoms with Crippen molar-refractivity contribution in [2.45, 2.75) is 43.8 Å². The molecule has 232 valence electrons. The first-order valence-electron chi connectivity index (χ1n) is 15.9. The van der Waals surface area contributed by atoms with Crippen LogP contribution < -0.4 is 21.7 Å². The molecule has 8 nitrogen and oxygen atoms in total. The Morgan fingerprint density at radius 1 is 0.778 bits per heavy atom. The van der Waals surface area contributed by atoms with Gasteiger partial charge in [0.05, 0.1) is 6.54 Å². The molecule has 3 amide bonds. The normalized spacial score (nSPS) is 19.7. The van der Waals surface area contributed by atoms with E-state index in [4.69, 9.17) is 5.73 Å². The van der Waals surface area contributed by atoms with E-state index in [9.17, 15) is 14.4 Å². The Labute approximate surface area is 264 Å². The average molecular weight is 604 g/mol. The van der Waals surface area contributed by atoms with Crippen LogP contribution in [-0.2, 0) is 27.2 Å². The van der Waals surface area contributed by atoms with Crippen molar-refractivity contribution in [3.8, 4) is 11.1 Å². The average Bonchev–Trinajstić information content (AvgIpc) is 3.06. The van der Waals surface area contributed by atoms with Crippen molar-refractivity contribution < 1.29 is 14.4 Å². The van der Waals surface area contributed by atoms with Crippen molar-refractivity contribution in [1.29, 1.82) is 0 Å². The third-order valence-electron chi connectivity index (χ3n) is 9.14. The van der Waals surface area contributed by atoms with Gasteiger partial charge in [-0.2, -0.15) is 0 Å². The maximum atomic E-state index is 13.8. The van der Waals surface area contributed by atoms with Gasteiger partial charge in [-0.25, -0.2) is 0 Å². The number of nitrogens with one attached hydrogen (secondary N) is 3. The first-order valence-corrected chi connectivity index (χ1v) is 15.9. The molecule has 2 heterocycles. The van der Waals surface area contributed by atoms with Gasteiger partial charge in [0.1, 0.15) is 12.1 Å². The Balaban J connectivity index is 1.24. The number of benzene rings is 4. The zero-order valence-corrected chi connectivity index (χ0v) is 25.5. The molecular weight excluding hydrogens is 562 g/mol. The molecule has 2 fully saturated rings. The third kappa shape index (κ3) is 7.59. The van der Waals surface area contributed by atoms with Crippen LogP contribution in [0.3, 0.4) is 0 Å². The molecule has 6 rings (SSSR count). The molecule has 4 aromatic carbocycles. The molecule has 3 atom stereocenters. The Morgan fingerprint density at radius 2 is 1.44 bits per heavy atom. The van der Waals surface area contributed by atoms with Gasteiger partial charge in [0.15, 0.2) is 0 Å². The molecule has 0 spiro atoms. The van der Waals surface area contributed by atoms with Crippen LogP contribution in [-0.4, -0.2) is 66.9 Å². The van der Waals surface area contributed by atoms with Gasteiger partial charge in [-0.15, -0.1) is 0 Å². The van der Waals surface area contributed by atoms with Crippen LogP contribution in [0, 0.1) is 5.92 Å². The number of piperazine rings is 1. The van der Waals surface area contributed by atoms with Gasteiger partial charge in [0.2, 0.25) is 17.7 Å². The predicted octanol–water partition coefficient (Wildman–Crippen LogP) is 3.43. The highest BCUT2D eigenvalue weighted by atomic mass is 16.2. The Bertz CT molecular complexity index is 1640. The molecular formula is C37H41N5O3. The molecule has 0 bridgehead atoms. The summed E-state index contributed by atoms with van der Waals surface area (Å²) in [5.41, 5.74) is 9.98. The fourth-order valence-electron chi connectivity index (χ4n) is 6.74. The van der Waals surface area contributed by atoms with E-state index in [1.165, 1.54) is 0 Å². The zero-order valence-electron chi connectivity index (χ0n) is 25.5. The Kier molecular flexibility index (Phi) is 9.52. The van der Waals surface area contributed by atoms with E-state index in [0.29, 0.717) is 25.3 Å². The van der Waals surface area contributed by atoms with Crippen LogP contribution in [0.2, 0.25) is 0 Å². The molecule has 4 aromatic rings. The van der Waals surface area contributed by atoms with Crippen LogP contribution >= 0.6 is 0 Å². The quantitative estimate of drug-likeness (QED) is 0.210. The molecule has 0 radical (unpaired) electrons. The number of nitrogens with zero attached hydrogens (tertiary/aromatic N) is 1. The van der Waals surface area contributed by atoms with Gasteiger partial charge in [-0.05, 0) is 71.3 Å². The predicted molar refractivity (Wildman–Crippen MR) is 177 cm³/mol. The molecule has 45 heavy (non-hydrogen) atoms. The largest absolute Gasteiger partial charge is 0.369 e. The van der Waals surface area contributed by atoms with Crippen molar-refractivity contribution in [2.24, 2.45) is 11.7 Å². The lowest BCUT2D eigenvalue weighted by Gasteiger charge is -2.41. The first-order chi connectivity index (χ1) is 21.9. The number of hydrogen-bond acceptors (Lipinski definition) is 5. The number of rotatable bonds is 11. The van der Waals surface area contributed by atoms with Crippen molar-refractivity contribution in [2.75, 3.05) is 26.2 Å². The third-order valence-corrected chi connectivity index (χ3v) is 9.14. The number of amides is 3. The second-order valence-electron chi connectivity index (χ2n) is 12.4. The number of carbonyl (C=O) groups is 3. The highest BCUT2D eigenvalue weighted by Gasteiger charge is 2.41. The number of nitrogens with two attached hydrogens (primary N) is 1. The lowest BCUT2D eigenvalue weighted by atomic mass is 9.90. The first kappa shape index (κ1) is 30.5. The number of hydrogen-bond donors (Lipinski definition) is 4. The fourth-order valence-corrected chi connectivity index (χ4v) is 6.74. The summed E-state index contributed by atoms with van der Waals surface area (Å²) in [6.45, 7) is 2.46. The number of primary amides is 1. The standard InChI is InChI=1S/C37H41N5O3/c38-34(43)24-42(23-26-16-18-39-19-17-26)33(22-25-10-13-30(14-11-25)28-6-2-1-3-7-28)35-37(45)40-32(36(44)41-35)21-27-12-15-29-8-4-5-9-31(29)20-27/h1-15,20,26,32-33,35,39H,16-19,21-24H2,(H2,38,43)(H,40,45)(H,41,44)/t32-,33?,35-/m0/s1. The molecule has 1 unspecified atom stereocenters. The van der Waals surface area contributed by atoms with E-state index >= 15 is 0 Å². The molecule has 8 heteroatoms. The molecule has 5 N–H and O–H groups in total. The summed E-state index contributed by atoms with van der Waals surface area (Å²) in [5.74, 6) is -0.564. The molecule has 0 aliphatic carbocycles. The minimum absolute atomic E-state index is 0.0108. The van der Waals surface area contributed by atoms with Crippen LogP contribution in [0.25, 0.3) is 21.9 Å². The van der Waals surface area contributed by atoms with E-state index in [2.05, 4.69) is 64.5 Å². The maximum Gasteiger partial charge on any atom is 0.244 e. The van der Waals surface area contributed by atoms with Crippen molar-refractivity contribution >= 4 is 28.5 Å². The second kappa shape index (κ2) is 14.1. The minimum Gasteiger partial charge on any atom is -0.369 e. The summed E-state index contributed by atoms with van der Waals surface area (Å²) in [4.78, 5) is 41.8. The number of carbonyl (C=O) groups excluding carboxylic acids is 3. The van der Waals surface area contributed by atoms with Crippen LogP contribution in [0.1, 0.15) is 24.0 Å². The second-order valence-corrected chi connectivity index (χ2v) is 12.4. The van der Waals surface area contributed by atoms with Crippen molar-refractivity contribution in [3.05, 3.63) is 108 Å². The summed E-state index contributed by atoms with van der Waals surface area (Å²) in [6, 6.07) is 30.7. The van der Waals surface area contributed by atoms with Crippen LogP contribution in [0.4, 0.5) is 0 Å². The van der Waals surface area contributed by atoms with E-state index < -0.39 is 24.0 Å². The van der Waals surface area contributed by atoms with Crippen molar-refractivity contribution in [3.63, 3.8) is 0 Å². The smallest absolute Gasteiger partial charge is 0.244 e. The monoisotopic (exact) mass is 603 g/mol. The Morgan fingerprint density at radius 3 is 2.18 bits per heavy atom. The summed E-state index contributed by atoms with van der Waals surface area (Å²) in [5, 5.41) is 11.7.